The van der Waals surface area contributed by atoms with Gasteiger partial charge in [0.1, 0.15) is 0 Å². The average Bonchev–Trinajstić information content (AvgIpc) is 2.57. The third-order valence-corrected chi connectivity index (χ3v) is 4.69. The van der Waals surface area contributed by atoms with Crippen LogP contribution in [-0.4, -0.2) is 24.4 Å². The lowest BCUT2D eigenvalue weighted by atomic mass is 9.86. The van der Waals surface area contributed by atoms with Crippen LogP contribution in [0.4, 0.5) is 0 Å². The molecule has 1 heterocycles. The average molecular weight is 350 g/mol. The van der Waals surface area contributed by atoms with E-state index in [1.807, 2.05) is 38.1 Å². The van der Waals surface area contributed by atoms with E-state index < -0.39 is 0 Å². The van der Waals surface area contributed by atoms with Crippen molar-refractivity contribution in [3.63, 3.8) is 0 Å². The number of allylic oxidation sites excluding steroid dienone is 3. The van der Waals surface area contributed by atoms with Crippen LogP contribution in [0.15, 0.2) is 57.9 Å². The number of rotatable bonds is 5. The van der Waals surface area contributed by atoms with E-state index in [2.05, 4.69) is 16.0 Å². The SMILES string of the molecule is CCOc1ccc2cc(C(=NC)/C(C(N)=C3CCC3)=C(\C)N)ccc2n1. The van der Waals surface area contributed by atoms with Crippen LogP contribution in [0.25, 0.3) is 10.9 Å². The molecule has 0 bridgehead atoms. The van der Waals surface area contributed by atoms with Crippen molar-refractivity contribution in [2.45, 2.75) is 33.1 Å². The van der Waals surface area contributed by atoms with Crippen molar-refractivity contribution < 1.29 is 4.74 Å². The maximum Gasteiger partial charge on any atom is 0.213 e. The summed E-state index contributed by atoms with van der Waals surface area (Å²) in [5, 5.41) is 1.02. The third-order valence-electron chi connectivity index (χ3n) is 4.69. The van der Waals surface area contributed by atoms with Crippen LogP contribution in [0.1, 0.15) is 38.7 Å². The maximum absolute atomic E-state index is 6.44. The summed E-state index contributed by atoms with van der Waals surface area (Å²) < 4.78 is 5.48. The van der Waals surface area contributed by atoms with Gasteiger partial charge < -0.3 is 16.2 Å². The lowest BCUT2D eigenvalue weighted by molar-refractivity contribution is 0.328. The molecule has 0 saturated heterocycles. The van der Waals surface area contributed by atoms with Crippen molar-refractivity contribution in [1.29, 1.82) is 0 Å². The number of aliphatic imine (C=N–C) groups is 1. The van der Waals surface area contributed by atoms with Gasteiger partial charge in [-0.2, -0.15) is 0 Å². The van der Waals surface area contributed by atoms with Gasteiger partial charge in [-0.25, -0.2) is 4.98 Å². The molecule has 0 unspecified atom stereocenters. The third kappa shape index (κ3) is 3.43. The Morgan fingerprint density at radius 1 is 1.19 bits per heavy atom. The summed E-state index contributed by atoms with van der Waals surface area (Å²) in [6, 6.07) is 9.95. The highest BCUT2D eigenvalue weighted by Gasteiger charge is 2.21. The first-order valence-electron chi connectivity index (χ1n) is 9.00. The second-order valence-electron chi connectivity index (χ2n) is 6.49. The van der Waals surface area contributed by atoms with Crippen LogP contribution < -0.4 is 16.2 Å². The number of fused-ring (bicyclic) bond motifs is 1. The zero-order chi connectivity index (χ0) is 18.7. The van der Waals surface area contributed by atoms with Gasteiger partial charge in [-0.15, -0.1) is 0 Å². The summed E-state index contributed by atoms with van der Waals surface area (Å²) in [4.78, 5) is 9.04. The molecule has 0 amide bonds. The van der Waals surface area contributed by atoms with Gasteiger partial charge in [-0.3, -0.25) is 4.99 Å². The Morgan fingerprint density at radius 2 is 1.96 bits per heavy atom. The first-order chi connectivity index (χ1) is 12.5. The number of ether oxygens (including phenoxy) is 1. The van der Waals surface area contributed by atoms with Crippen LogP contribution >= 0.6 is 0 Å². The maximum atomic E-state index is 6.44. The number of pyridine rings is 1. The highest BCUT2D eigenvalue weighted by atomic mass is 16.5. The van der Waals surface area contributed by atoms with E-state index in [1.54, 1.807) is 7.05 Å². The molecule has 0 atom stereocenters. The number of hydrogen-bond donors (Lipinski definition) is 2. The number of hydrogen-bond acceptors (Lipinski definition) is 5. The van der Waals surface area contributed by atoms with Crippen molar-refractivity contribution in [1.82, 2.24) is 4.98 Å². The van der Waals surface area contributed by atoms with Crippen LogP contribution in [0.2, 0.25) is 0 Å². The number of benzene rings is 1. The molecule has 0 aliphatic heterocycles. The minimum atomic E-state index is 0.598. The summed E-state index contributed by atoms with van der Waals surface area (Å²) in [5.41, 5.74) is 18.9. The van der Waals surface area contributed by atoms with E-state index in [0.29, 0.717) is 18.2 Å². The molecule has 1 fully saturated rings. The van der Waals surface area contributed by atoms with E-state index in [4.69, 9.17) is 16.2 Å². The molecule has 1 aliphatic rings. The Balaban J connectivity index is 2.05. The minimum absolute atomic E-state index is 0.598. The number of aromatic nitrogens is 1. The molecule has 26 heavy (non-hydrogen) atoms. The fourth-order valence-corrected chi connectivity index (χ4v) is 3.19. The Labute approximate surface area is 154 Å². The van der Waals surface area contributed by atoms with Crippen LogP contribution in [-0.2, 0) is 0 Å². The molecular weight excluding hydrogens is 324 g/mol. The molecule has 2 aromatic rings. The predicted molar refractivity (Wildman–Crippen MR) is 107 cm³/mol. The molecule has 5 nitrogen and oxygen atoms in total. The molecule has 1 aromatic carbocycles. The molecule has 1 aromatic heterocycles. The summed E-state index contributed by atoms with van der Waals surface area (Å²) in [7, 11) is 1.78. The van der Waals surface area contributed by atoms with Crippen molar-refractivity contribution >= 4 is 16.6 Å². The van der Waals surface area contributed by atoms with Gasteiger partial charge in [-0.05, 0) is 56.9 Å². The molecule has 0 spiro atoms. The van der Waals surface area contributed by atoms with Gasteiger partial charge in [0.25, 0.3) is 0 Å². The standard InChI is InChI=1S/C21H26N4O/c1-4-26-18-11-9-15-12-16(8-10-17(15)25-18)21(24-3)19(13(2)22)20(23)14-6-5-7-14/h8-12H,4-7,22-23H2,1-3H3/b19-13+,24-21?. The van der Waals surface area contributed by atoms with Crippen LogP contribution in [0.3, 0.4) is 0 Å². The second kappa shape index (κ2) is 7.60. The van der Waals surface area contributed by atoms with Gasteiger partial charge in [0.2, 0.25) is 5.88 Å². The quantitative estimate of drug-likeness (QED) is 0.805. The second-order valence-corrected chi connectivity index (χ2v) is 6.49. The lowest BCUT2D eigenvalue weighted by Crippen LogP contribution is -2.21. The fourth-order valence-electron chi connectivity index (χ4n) is 3.19. The van der Waals surface area contributed by atoms with Crippen LogP contribution in [0.5, 0.6) is 5.88 Å². The molecule has 1 aliphatic carbocycles. The fraction of sp³-hybridized carbons (Fsp3) is 0.333. The highest BCUT2D eigenvalue weighted by molar-refractivity contribution is 6.16. The smallest absolute Gasteiger partial charge is 0.213 e. The molecule has 5 heteroatoms. The first kappa shape index (κ1) is 18.0. The monoisotopic (exact) mass is 350 g/mol. The molecule has 4 N–H and O–H groups in total. The van der Waals surface area contributed by atoms with Gasteiger partial charge in [0.05, 0.1) is 17.8 Å². The van der Waals surface area contributed by atoms with Crippen molar-refractivity contribution in [3.05, 3.63) is 58.4 Å². The zero-order valence-corrected chi connectivity index (χ0v) is 15.7. The van der Waals surface area contributed by atoms with Crippen molar-refractivity contribution in [2.75, 3.05) is 13.7 Å². The van der Waals surface area contributed by atoms with Gasteiger partial charge in [0, 0.05) is 41.0 Å². The van der Waals surface area contributed by atoms with Gasteiger partial charge in [-0.1, -0.05) is 6.07 Å². The van der Waals surface area contributed by atoms with E-state index in [-0.39, 0.29) is 0 Å². The highest BCUT2D eigenvalue weighted by Crippen LogP contribution is 2.31. The molecule has 1 saturated carbocycles. The molecule has 136 valence electrons. The Kier molecular flexibility index (Phi) is 5.26. The van der Waals surface area contributed by atoms with E-state index >= 15 is 0 Å². The summed E-state index contributed by atoms with van der Waals surface area (Å²) >= 11 is 0. The van der Waals surface area contributed by atoms with Crippen LogP contribution in [0, 0.1) is 0 Å². The van der Waals surface area contributed by atoms with Gasteiger partial charge >= 0.3 is 0 Å². The largest absolute Gasteiger partial charge is 0.478 e. The summed E-state index contributed by atoms with van der Waals surface area (Å²) in [5.74, 6) is 0.634. The number of nitrogens with zero attached hydrogens (tertiary/aromatic N) is 2. The van der Waals surface area contributed by atoms with E-state index in [0.717, 1.165) is 46.3 Å². The van der Waals surface area contributed by atoms with E-state index in [1.165, 1.54) is 12.0 Å². The topological polar surface area (TPSA) is 86.5 Å². The van der Waals surface area contributed by atoms with E-state index in [9.17, 15) is 0 Å². The molecule has 3 rings (SSSR count). The minimum Gasteiger partial charge on any atom is -0.478 e. The van der Waals surface area contributed by atoms with Crippen molar-refractivity contribution in [3.8, 4) is 5.88 Å². The first-order valence-corrected chi connectivity index (χ1v) is 9.00. The Hall–Kier alpha value is -2.82. The molecule has 0 radical (unpaired) electrons. The summed E-state index contributed by atoms with van der Waals surface area (Å²) in [6.07, 6.45) is 3.28. The zero-order valence-electron chi connectivity index (χ0n) is 15.7. The normalized spacial score (nSPS) is 15.5. The van der Waals surface area contributed by atoms with Gasteiger partial charge in [0.15, 0.2) is 0 Å². The Morgan fingerprint density at radius 3 is 2.54 bits per heavy atom. The predicted octanol–water partition coefficient (Wildman–Crippen LogP) is 3.68. The molecular formula is C21H26N4O. The number of nitrogens with two attached hydrogens (primary N) is 2. The van der Waals surface area contributed by atoms with Crippen molar-refractivity contribution in [2.24, 2.45) is 16.5 Å². The lowest BCUT2D eigenvalue weighted by Gasteiger charge is -2.23. The summed E-state index contributed by atoms with van der Waals surface area (Å²) in [6.45, 7) is 4.42. The Bertz CT molecular complexity index is 915.